The number of hydrogen-bond donors (Lipinski definition) is 1. The molecule has 1 N–H and O–H groups in total. The van der Waals surface area contributed by atoms with Gasteiger partial charge in [0.15, 0.2) is 5.37 Å². The molecule has 2 saturated heterocycles. The third-order valence-electron chi connectivity index (χ3n) is 4.47. The molecule has 156 valence electrons. The van der Waals surface area contributed by atoms with Crippen molar-refractivity contribution < 1.29 is 24.0 Å². The maximum absolute atomic E-state index is 13.1. The van der Waals surface area contributed by atoms with Crippen molar-refractivity contribution in [2.75, 3.05) is 11.4 Å². The van der Waals surface area contributed by atoms with Gasteiger partial charge in [0.1, 0.15) is 6.54 Å². The van der Waals surface area contributed by atoms with E-state index in [9.17, 15) is 24.0 Å². The second-order valence-corrected chi connectivity index (χ2v) is 8.57. The molecule has 5 amide bonds. The molecule has 2 aliphatic heterocycles. The highest BCUT2D eigenvalue weighted by atomic mass is 32.2. The number of benzene rings is 2. The number of carbonyl (C=O) groups is 5. The summed E-state index contributed by atoms with van der Waals surface area (Å²) >= 11 is 1.42. The van der Waals surface area contributed by atoms with Crippen molar-refractivity contribution in [3.63, 3.8) is 0 Å². The molecular weight excluding hydrogens is 438 g/mol. The number of imide groups is 2. The van der Waals surface area contributed by atoms with Crippen LogP contribution in [0.5, 0.6) is 0 Å². The SMILES string of the molecule is O=C1NC(=O)C(N(C(=O)CN2C(=O)SC(=Cc3ccccc3)C2=O)c2ccccc2)S1. The molecule has 0 aliphatic carbocycles. The third-order valence-corrected chi connectivity index (χ3v) is 6.34. The number of nitrogens with one attached hydrogen (secondary N) is 1. The fourth-order valence-corrected chi connectivity index (χ4v) is 4.78. The number of carbonyl (C=O) groups excluding carboxylic acids is 5. The molecule has 0 bridgehead atoms. The number of rotatable bonds is 5. The highest BCUT2D eigenvalue weighted by molar-refractivity contribution is 8.18. The minimum absolute atomic E-state index is 0.207. The molecule has 2 aliphatic rings. The van der Waals surface area contributed by atoms with Crippen molar-refractivity contribution in [3.8, 4) is 0 Å². The Kier molecular flexibility index (Phi) is 5.92. The Hall–Kier alpha value is -3.37. The first-order valence-electron chi connectivity index (χ1n) is 9.13. The van der Waals surface area contributed by atoms with Gasteiger partial charge >= 0.3 is 0 Å². The fourth-order valence-electron chi connectivity index (χ4n) is 3.06. The van der Waals surface area contributed by atoms with Crippen LogP contribution in [-0.4, -0.2) is 45.0 Å². The first-order chi connectivity index (χ1) is 14.9. The van der Waals surface area contributed by atoms with Crippen molar-refractivity contribution in [2.24, 2.45) is 0 Å². The largest absolute Gasteiger partial charge is 0.294 e. The van der Waals surface area contributed by atoms with E-state index in [4.69, 9.17) is 0 Å². The summed E-state index contributed by atoms with van der Waals surface area (Å²) in [4.78, 5) is 64.4. The molecule has 2 aromatic rings. The van der Waals surface area contributed by atoms with Gasteiger partial charge in [-0.25, -0.2) is 0 Å². The molecule has 10 heteroatoms. The minimum atomic E-state index is -1.12. The van der Waals surface area contributed by atoms with E-state index in [2.05, 4.69) is 5.32 Å². The van der Waals surface area contributed by atoms with Crippen LogP contribution in [0.25, 0.3) is 6.08 Å². The van der Waals surface area contributed by atoms with Crippen LogP contribution in [0.15, 0.2) is 65.6 Å². The van der Waals surface area contributed by atoms with Crippen LogP contribution in [-0.2, 0) is 14.4 Å². The second kappa shape index (κ2) is 8.78. The van der Waals surface area contributed by atoms with Crippen LogP contribution in [0.2, 0.25) is 0 Å². The molecule has 1 atom stereocenters. The average molecular weight is 454 g/mol. The molecule has 0 aromatic heterocycles. The van der Waals surface area contributed by atoms with Gasteiger partial charge in [-0.2, -0.15) is 0 Å². The highest BCUT2D eigenvalue weighted by Gasteiger charge is 2.42. The molecule has 1 unspecified atom stereocenters. The molecule has 8 nitrogen and oxygen atoms in total. The van der Waals surface area contributed by atoms with Gasteiger partial charge in [0.25, 0.3) is 22.3 Å². The van der Waals surface area contributed by atoms with Crippen molar-refractivity contribution >= 4 is 63.5 Å². The van der Waals surface area contributed by atoms with E-state index in [-0.39, 0.29) is 4.91 Å². The standard InChI is InChI=1S/C21H15N3O5S2/c25-16(24(14-9-5-2-6-10-14)19-17(26)22-20(28)31-19)12-23-18(27)15(30-21(23)29)11-13-7-3-1-4-8-13/h1-11,19H,12H2,(H,22,26,28). The lowest BCUT2D eigenvalue weighted by molar-refractivity contribution is -0.128. The molecular formula is C21H15N3O5S2. The van der Waals surface area contributed by atoms with E-state index in [0.29, 0.717) is 17.4 Å². The number of hydrogen-bond acceptors (Lipinski definition) is 7. The average Bonchev–Trinajstić information content (AvgIpc) is 3.22. The molecule has 4 rings (SSSR count). The highest BCUT2D eigenvalue weighted by Crippen LogP contribution is 2.33. The lowest BCUT2D eigenvalue weighted by Gasteiger charge is -2.27. The first kappa shape index (κ1) is 20.9. The van der Waals surface area contributed by atoms with Gasteiger partial charge in [-0.15, -0.1) is 0 Å². The summed E-state index contributed by atoms with van der Waals surface area (Å²) in [6.45, 7) is -0.551. The Balaban J connectivity index is 1.58. The van der Waals surface area contributed by atoms with Gasteiger partial charge in [-0.05, 0) is 47.3 Å². The Morgan fingerprint density at radius 1 is 1.00 bits per heavy atom. The predicted molar refractivity (Wildman–Crippen MR) is 118 cm³/mol. The van der Waals surface area contributed by atoms with Crippen LogP contribution >= 0.6 is 23.5 Å². The monoisotopic (exact) mass is 453 g/mol. The summed E-state index contributed by atoms with van der Waals surface area (Å²) in [5.41, 5.74) is 1.13. The van der Waals surface area contributed by atoms with Gasteiger partial charge < -0.3 is 0 Å². The Labute approximate surface area is 185 Å². The van der Waals surface area contributed by atoms with Crippen molar-refractivity contribution in [3.05, 3.63) is 71.1 Å². The van der Waals surface area contributed by atoms with Gasteiger partial charge in [0, 0.05) is 5.69 Å². The summed E-state index contributed by atoms with van der Waals surface area (Å²) in [5, 5.41) is -0.120. The number of thioether (sulfide) groups is 2. The summed E-state index contributed by atoms with van der Waals surface area (Å²) in [5.74, 6) is -1.87. The lowest BCUT2D eigenvalue weighted by atomic mass is 10.2. The number of anilines is 1. The topological polar surface area (TPSA) is 104 Å². The fraction of sp³-hybridized carbons (Fsp3) is 0.0952. The smallest absolute Gasteiger partial charge is 0.289 e. The molecule has 0 radical (unpaired) electrons. The Morgan fingerprint density at radius 3 is 2.26 bits per heavy atom. The lowest BCUT2D eigenvalue weighted by Crippen LogP contribution is -2.48. The van der Waals surface area contributed by atoms with Crippen molar-refractivity contribution in [2.45, 2.75) is 5.37 Å². The third kappa shape index (κ3) is 4.39. The van der Waals surface area contributed by atoms with E-state index in [0.717, 1.165) is 27.1 Å². The minimum Gasteiger partial charge on any atom is -0.289 e. The summed E-state index contributed by atoms with van der Waals surface area (Å²) in [6, 6.07) is 17.4. The van der Waals surface area contributed by atoms with Crippen LogP contribution in [0, 0.1) is 0 Å². The zero-order valence-corrected chi connectivity index (χ0v) is 17.5. The Morgan fingerprint density at radius 2 is 1.65 bits per heavy atom. The van der Waals surface area contributed by atoms with Crippen molar-refractivity contribution in [1.82, 2.24) is 10.2 Å². The van der Waals surface area contributed by atoms with Gasteiger partial charge in [-0.1, -0.05) is 48.5 Å². The maximum Gasteiger partial charge on any atom is 0.294 e. The number of para-hydroxylation sites is 1. The van der Waals surface area contributed by atoms with Gasteiger partial charge in [0.2, 0.25) is 5.91 Å². The van der Waals surface area contributed by atoms with Crippen LogP contribution in [0.1, 0.15) is 5.56 Å². The molecule has 2 fully saturated rings. The zero-order chi connectivity index (χ0) is 22.0. The van der Waals surface area contributed by atoms with E-state index in [1.54, 1.807) is 48.5 Å². The molecule has 0 spiro atoms. The van der Waals surface area contributed by atoms with E-state index >= 15 is 0 Å². The van der Waals surface area contributed by atoms with Crippen LogP contribution in [0.4, 0.5) is 15.3 Å². The van der Waals surface area contributed by atoms with Gasteiger partial charge in [0.05, 0.1) is 4.91 Å². The first-order valence-corrected chi connectivity index (χ1v) is 10.8. The van der Waals surface area contributed by atoms with Crippen LogP contribution in [0.3, 0.4) is 0 Å². The normalized spacial score (nSPS) is 19.8. The summed E-state index contributed by atoms with van der Waals surface area (Å²) in [6.07, 6.45) is 1.59. The number of amides is 5. The van der Waals surface area contributed by atoms with Gasteiger partial charge in [-0.3, -0.25) is 39.1 Å². The van der Waals surface area contributed by atoms with Crippen LogP contribution < -0.4 is 10.2 Å². The number of nitrogens with zero attached hydrogens (tertiary/aromatic N) is 2. The zero-order valence-electron chi connectivity index (χ0n) is 15.9. The molecule has 0 saturated carbocycles. The predicted octanol–water partition coefficient (Wildman–Crippen LogP) is 3.07. The molecule has 31 heavy (non-hydrogen) atoms. The summed E-state index contributed by atoms with van der Waals surface area (Å²) in [7, 11) is 0. The maximum atomic E-state index is 13.1. The summed E-state index contributed by atoms with van der Waals surface area (Å²) < 4.78 is 0. The Bertz CT molecular complexity index is 1100. The van der Waals surface area contributed by atoms with E-state index in [1.165, 1.54) is 0 Å². The molecule has 2 aromatic carbocycles. The van der Waals surface area contributed by atoms with E-state index in [1.807, 2.05) is 18.2 Å². The molecule has 2 heterocycles. The van der Waals surface area contributed by atoms with Crippen molar-refractivity contribution in [1.29, 1.82) is 0 Å². The second-order valence-electron chi connectivity index (χ2n) is 6.52. The quantitative estimate of drug-likeness (QED) is 0.694. The van der Waals surface area contributed by atoms with E-state index < -0.39 is 40.1 Å².